The van der Waals surface area contributed by atoms with Crippen molar-refractivity contribution in [3.63, 3.8) is 0 Å². The van der Waals surface area contributed by atoms with Crippen LogP contribution < -0.4 is 10.1 Å². The predicted molar refractivity (Wildman–Crippen MR) is 115 cm³/mol. The molecule has 0 bridgehead atoms. The number of hydrogen-bond donors (Lipinski definition) is 1. The van der Waals surface area contributed by atoms with E-state index in [4.69, 9.17) is 4.74 Å². The van der Waals surface area contributed by atoms with Crippen molar-refractivity contribution >= 4 is 11.7 Å². The van der Waals surface area contributed by atoms with Crippen molar-refractivity contribution in [3.8, 4) is 11.6 Å². The van der Waals surface area contributed by atoms with Crippen molar-refractivity contribution in [2.45, 2.75) is 31.2 Å². The molecule has 7 nitrogen and oxygen atoms in total. The molecule has 184 valence electrons. The van der Waals surface area contributed by atoms with Gasteiger partial charge in [-0.1, -0.05) is 0 Å². The Morgan fingerprint density at radius 2 is 1.83 bits per heavy atom. The van der Waals surface area contributed by atoms with Crippen LogP contribution in [0.2, 0.25) is 0 Å². The first-order valence-electron chi connectivity index (χ1n) is 10.6. The van der Waals surface area contributed by atoms with E-state index in [-0.39, 0.29) is 24.8 Å². The SMILES string of the molecule is CC(C(=O)Nc1cnc(Oc2cc(F)c(F)cc2F)cn1)N1CCC(F)(F)[C@@H](c2ccncc2)C1. The fourth-order valence-electron chi connectivity index (χ4n) is 3.75. The molecule has 2 atom stereocenters. The number of carbonyl (C=O) groups excluding carboxylic acids is 1. The molecule has 1 aliphatic rings. The molecule has 1 amide bonds. The second kappa shape index (κ2) is 9.90. The molecule has 0 spiro atoms. The Bertz CT molecular complexity index is 1200. The van der Waals surface area contributed by atoms with E-state index in [1.54, 1.807) is 11.8 Å². The van der Waals surface area contributed by atoms with E-state index in [1.165, 1.54) is 24.5 Å². The van der Waals surface area contributed by atoms with E-state index < -0.39 is 53.4 Å². The number of rotatable bonds is 6. The number of anilines is 1. The van der Waals surface area contributed by atoms with Crippen molar-refractivity contribution in [2.24, 2.45) is 0 Å². The first-order valence-corrected chi connectivity index (χ1v) is 10.6. The fraction of sp³-hybridized carbons (Fsp3) is 0.304. The number of amides is 1. The van der Waals surface area contributed by atoms with Crippen LogP contribution in [0.3, 0.4) is 0 Å². The van der Waals surface area contributed by atoms with Gasteiger partial charge in [0.2, 0.25) is 11.8 Å². The molecule has 3 heterocycles. The van der Waals surface area contributed by atoms with Gasteiger partial charge in [0, 0.05) is 44.0 Å². The topological polar surface area (TPSA) is 80.2 Å². The quantitative estimate of drug-likeness (QED) is 0.402. The van der Waals surface area contributed by atoms with Gasteiger partial charge in [0.25, 0.3) is 5.92 Å². The third-order valence-corrected chi connectivity index (χ3v) is 5.76. The maximum atomic E-state index is 14.6. The molecule has 1 unspecified atom stereocenters. The summed E-state index contributed by atoms with van der Waals surface area (Å²) in [6, 6.07) is 3.20. The van der Waals surface area contributed by atoms with E-state index in [9.17, 15) is 26.7 Å². The number of piperidine rings is 1. The second-order valence-electron chi connectivity index (χ2n) is 8.04. The van der Waals surface area contributed by atoms with Gasteiger partial charge in [0.05, 0.1) is 24.4 Å². The van der Waals surface area contributed by atoms with Gasteiger partial charge in [0.1, 0.15) is 0 Å². The third kappa shape index (κ3) is 5.53. The molecule has 0 radical (unpaired) electrons. The maximum Gasteiger partial charge on any atom is 0.257 e. The van der Waals surface area contributed by atoms with Crippen LogP contribution >= 0.6 is 0 Å². The number of halogens is 5. The summed E-state index contributed by atoms with van der Waals surface area (Å²) >= 11 is 0. The Balaban J connectivity index is 1.39. The molecule has 12 heteroatoms. The van der Waals surface area contributed by atoms with Crippen molar-refractivity contribution < 1.29 is 31.5 Å². The summed E-state index contributed by atoms with van der Waals surface area (Å²) in [5.41, 5.74) is 0.446. The van der Waals surface area contributed by atoms with Crippen molar-refractivity contribution in [1.29, 1.82) is 0 Å². The molecule has 2 aromatic heterocycles. The molecule has 4 rings (SSSR count). The molecule has 1 N–H and O–H groups in total. The van der Waals surface area contributed by atoms with E-state index in [0.29, 0.717) is 17.7 Å². The van der Waals surface area contributed by atoms with Crippen LogP contribution in [0, 0.1) is 17.5 Å². The summed E-state index contributed by atoms with van der Waals surface area (Å²) in [7, 11) is 0. The van der Waals surface area contributed by atoms with Gasteiger partial charge in [-0.05, 0) is 24.6 Å². The molecule has 3 aromatic rings. The highest BCUT2D eigenvalue weighted by Gasteiger charge is 2.46. The average molecular weight is 493 g/mol. The zero-order chi connectivity index (χ0) is 25.2. The summed E-state index contributed by atoms with van der Waals surface area (Å²) in [5.74, 6) is -9.05. The van der Waals surface area contributed by atoms with Gasteiger partial charge in [-0.2, -0.15) is 0 Å². The number of nitrogens with one attached hydrogen (secondary N) is 1. The molecule has 1 aromatic carbocycles. The van der Waals surface area contributed by atoms with Crippen LogP contribution in [0.1, 0.15) is 24.8 Å². The van der Waals surface area contributed by atoms with E-state index in [1.807, 2.05) is 0 Å². The Kier molecular flexibility index (Phi) is 6.92. The van der Waals surface area contributed by atoms with E-state index in [2.05, 4.69) is 20.3 Å². The Morgan fingerprint density at radius 3 is 2.51 bits per heavy atom. The maximum absolute atomic E-state index is 14.6. The third-order valence-electron chi connectivity index (χ3n) is 5.76. The fourth-order valence-corrected chi connectivity index (χ4v) is 3.75. The second-order valence-corrected chi connectivity index (χ2v) is 8.04. The highest BCUT2D eigenvalue weighted by Crippen LogP contribution is 2.40. The number of nitrogens with zero attached hydrogens (tertiary/aromatic N) is 4. The van der Waals surface area contributed by atoms with Gasteiger partial charge in [-0.15, -0.1) is 0 Å². The molecular weight excluding hydrogens is 473 g/mol. The van der Waals surface area contributed by atoms with Gasteiger partial charge < -0.3 is 10.1 Å². The highest BCUT2D eigenvalue weighted by molar-refractivity contribution is 5.93. The lowest BCUT2D eigenvalue weighted by Crippen LogP contribution is -2.52. The minimum absolute atomic E-state index is 0.0240. The van der Waals surface area contributed by atoms with Crippen LogP contribution in [-0.4, -0.2) is 50.8 Å². The summed E-state index contributed by atoms with van der Waals surface area (Å²) in [6.45, 7) is 1.60. The number of ether oxygens (including phenoxy) is 1. The normalized spacial score (nSPS) is 18.6. The smallest absolute Gasteiger partial charge is 0.257 e. The summed E-state index contributed by atoms with van der Waals surface area (Å²) < 4.78 is 74.3. The van der Waals surface area contributed by atoms with Gasteiger partial charge in [0.15, 0.2) is 29.0 Å². The zero-order valence-corrected chi connectivity index (χ0v) is 18.4. The van der Waals surface area contributed by atoms with Crippen LogP contribution in [0.5, 0.6) is 11.6 Å². The van der Waals surface area contributed by atoms with Crippen molar-refractivity contribution in [3.05, 3.63) is 72.1 Å². The molecule has 0 aliphatic carbocycles. The lowest BCUT2D eigenvalue weighted by Gasteiger charge is -2.40. The molecule has 1 aliphatic heterocycles. The van der Waals surface area contributed by atoms with Crippen LogP contribution in [0.4, 0.5) is 27.8 Å². The first-order chi connectivity index (χ1) is 16.6. The number of alkyl halides is 2. The predicted octanol–water partition coefficient (Wildman–Crippen LogP) is 4.53. The molecule has 0 saturated carbocycles. The number of pyridine rings is 1. The number of aromatic nitrogens is 3. The summed E-state index contributed by atoms with van der Waals surface area (Å²) in [6.07, 6.45) is 4.69. The Hall–Kier alpha value is -3.67. The standard InChI is InChI=1S/C23H20F5N5O2/c1-13(33-7-4-23(27,28)15(12-33)14-2-5-29-6-3-14)22(34)32-20-10-31-21(11-30-20)35-19-9-17(25)16(24)8-18(19)26/h2-3,5-6,8-11,13,15H,4,7,12H2,1H3,(H,30,32,34)/t13?,15-/m1/s1. The molecule has 35 heavy (non-hydrogen) atoms. The lowest BCUT2D eigenvalue weighted by molar-refractivity contribution is -0.125. The number of hydrogen-bond acceptors (Lipinski definition) is 6. The van der Waals surface area contributed by atoms with E-state index in [0.717, 1.165) is 12.4 Å². The largest absolute Gasteiger partial charge is 0.434 e. The Labute approximate surface area is 197 Å². The number of benzene rings is 1. The molecular formula is C23H20F5N5O2. The molecule has 1 fully saturated rings. The van der Waals surface area contributed by atoms with Crippen LogP contribution in [0.15, 0.2) is 49.1 Å². The number of likely N-dealkylation sites (tertiary alicyclic amines) is 1. The minimum atomic E-state index is -2.91. The lowest BCUT2D eigenvalue weighted by atomic mass is 9.87. The Morgan fingerprint density at radius 1 is 1.11 bits per heavy atom. The van der Waals surface area contributed by atoms with Crippen molar-refractivity contribution in [1.82, 2.24) is 19.9 Å². The monoisotopic (exact) mass is 493 g/mol. The summed E-state index contributed by atoms with van der Waals surface area (Å²) in [5, 5.41) is 2.54. The minimum Gasteiger partial charge on any atom is -0.434 e. The summed E-state index contributed by atoms with van der Waals surface area (Å²) in [4.78, 5) is 26.1. The van der Waals surface area contributed by atoms with Crippen molar-refractivity contribution in [2.75, 3.05) is 18.4 Å². The highest BCUT2D eigenvalue weighted by atomic mass is 19.3. The van der Waals surface area contributed by atoms with Gasteiger partial charge >= 0.3 is 0 Å². The number of carbonyl (C=O) groups is 1. The van der Waals surface area contributed by atoms with Crippen LogP contribution in [-0.2, 0) is 4.79 Å². The average Bonchev–Trinajstić information content (AvgIpc) is 2.83. The van der Waals surface area contributed by atoms with E-state index >= 15 is 0 Å². The van der Waals surface area contributed by atoms with Crippen LogP contribution in [0.25, 0.3) is 0 Å². The first kappa shape index (κ1) is 24.5. The molecule has 1 saturated heterocycles. The van der Waals surface area contributed by atoms with Gasteiger partial charge in [-0.3, -0.25) is 14.7 Å². The van der Waals surface area contributed by atoms with Gasteiger partial charge in [-0.25, -0.2) is 31.9 Å². The zero-order valence-electron chi connectivity index (χ0n) is 18.4.